The van der Waals surface area contributed by atoms with Gasteiger partial charge in [-0.15, -0.1) is 0 Å². The predicted octanol–water partition coefficient (Wildman–Crippen LogP) is 2.49. The average Bonchev–Trinajstić information content (AvgIpc) is 2.97. The fourth-order valence-electron chi connectivity index (χ4n) is 3.34. The van der Waals surface area contributed by atoms with Crippen molar-refractivity contribution in [2.45, 2.75) is 31.2 Å². The number of likely N-dealkylation sites (N-methyl/N-ethyl adjacent to an activating group) is 1. The van der Waals surface area contributed by atoms with E-state index in [1.165, 1.54) is 38.2 Å². The van der Waals surface area contributed by atoms with Gasteiger partial charge in [-0.05, 0) is 44.0 Å². The smallest absolute Gasteiger partial charge is 0.243 e. The number of carbonyl (C=O) groups excluding carboxylic acids is 2. The third kappa shape index (κ3) is 3.65. The van der Waals surface area contributed by atoms with Crippen LogP contribution in [0.3, 0.4) is 0 Å². The first kappa shape index (κ1) is 19.3. The molecular weight excluding hydrogens is 364 g/mol. The number of anilines is 1. The first-order valence-corrected chi connectivity index (χ1v) is 10.1. The lowest BCUT2D eigenvalue weighted by Crippen LogP contribution is -2.43. The van der Waals surface area contributed by atoms with Gasteiger partial charge in [0.1, 0.15) is 0 Å². The maximum absolute atomic E-state index is 12.8. The van der Waals surface area contributed by atoms with Gasteiger partial charge in [-0.25, -0.2) is 8.42 Å². The minimum Gasteiger partial charge on any atom is -0.308 e. The maximum Gasteiger partial charge on any atom is 0.243 e. The maximum atomic E-state index is 12.8. The fraction of sp³-hybridized carbons (Fsp3) is 0.300. The van der Waals surface area contributed by atoms with Crippen molar-refractivity contribution < 1.29 is 18.0 Å². The van der Waals surface area contributed by atoms with E-state index in [1.807, 2.05) is 31.2 Å². The Kier molecular flexibility index (Phi) is 5.17. The summed E-state index contributed by atoms with van der Waals surface area (Å²) in [5.41, 5.74) is 2.37. The van der Waals surface area contributed by atoms with Crippen LogP contribution in [-0.2, 0) is 21.2 Å². The van der Waals surface area contributed by atoms with Crippen LogP contribution >= 0.6 is 0 Å². The summed E-state index contributed by atoms with van der Waals surface area (Å²) in [4.78, 5) is 25.9. The van der Waals surface area contributed by atoms with Crippen molar-refractivity contribution in [3.8, 4) is 0 Å². The number of nitrogens with zero attached hydrogens (tertiary/aromatic N) is 2. The van der Waals surface area contributed by atoms with Crippen LogP contribution in [0.25, 0.3) is 0 Å². The Morgan fingerprint density at radius 3 is 2.37 bits per heavy atom. The number of benzene rings is 2. The van der Waals surface area contributed by atoms with Gasteiger partial charge in [-0.2, -0.15) is 4.31 Å². The number of fused-ring (bicyclic) bond motifs is 1. The molecule has 1 aliphatic heterocycles. The summed E-state index contributed by atoms with van der Waals surface area (Å²) in [6.45, 7) is 3.12. The van der Waals surface area contributed by atoms with E-state index in [2.05, 4.69) is 0 Å². The third-order valence-electron chi connectivity index (χ3n) is 4.80. The van der Waals surface area contributed by atoms with E-state index >= 15 is 0 Å². The number of hydrogen-bond acceptors (Lipinski definition) is 4. The van der Waals surface area contributed by atoms with E-state index in [4.69, 9.17) is 0 Å². The number of amides is 1. The standard InChI is InChI=1S/C20H22N2O4S/c1-14-12-17-6-4-5-7-19(17)22(14)20(24)13-21(3)27(25,26)18-10-8-16(9-11-18)15(2)23/h4-11,14H,12-13H2,1-3H3/t14-/m0/s1. The Hall–Kier alpha value is -2.51. The quantitative estimate of drug-likeness (QED) is 0.740. The number of carbonyl (C=O) groups is 2. The zero-order chi connectivity index (χ0) is 19.8. The molecule has 6 nitrogen and oxygen atoms in total. The summed E-state index contributed by atoms with van der Waals surface area (Å²) in [6, 6.07) is 13.4. The van der Waals surface area contributed by atoms with E-state index in [9.17, 15) is 18.0 Å². The van der Waals surface area contributed by atoms with Crippen molar-refractivity contribution in [1.82, 2.24) is 4.31 Å². The Morgan fingerprint density at radius 2 is 1.74 bits per heavy atom. The van der Waals surface area contributed by atoms with Gasteiger partial charge in [0.05, 0.1) is 11.4 Å². The molecule has 0 saturated carbocycles. The molecule has 0 bridgehead atoms. The number of hydrogen-bond donors (Lipinski definition) is 0. The second kappa shape index (κ2) is 7.25. The lowest BCUT2D eigenvalue weighted by Gasteiger charge is -2.25. The van der Waals surface area contributed by atoms with Gasteiger partial charge in [-0.3, -0.25) is 9.59 Å². The number of Topliss-reactive ketones (excluding diaryl/α,β-unsaturated/α-hetero) is 1. The molecule has 0 unspecified atom stereocenters. The summed E-state index contributed by atoms with van der Waals surface area (Å²) in [5.74, 6) is -0.400. The van der Waals surface area contributed by atoms with Crippen LogP contribution in [0, 0.1) is 0 Å². The predicted molar refractivity (Wildman–Crippen MR) is 103 cm³/mol. The summed E-state index contributed by atoms with van der Waals surface area (Å²) < 4.78 is 26.6. The highest BCUT2D eigenvalue weighted by Gasteiger charge is 2.33. The van der Waals surface area contributed by atoms with E-state index in [1.54, 1.807) is 4.90 Å². The van der Waals surface area contributed by atoms with Crippen LogP contribution in [0.5, 0.6) is 0 Å². The van der Waals surface area contributed by atoms with Gasteiger partial charge in [0, 0.05) is 24.3 Å². The molecule has 1 aliphatic rings. The van der Waals surface area contributed by atoms with E-state index < -0.39 is 10.0 Å². The molecule has 0 radical (unpaired) electrons. The molecule has 1 atom stereocenters. The molecule has 7 heteroatoms. The van der Waals surface area contributed by atoms with Crippen LogP contribution in [0.2, 0.25) is 0 Å². The molecule has 2 aromatic carbocycles. The fourth-order valence-corrected chi connectivity index (χ4v) is 4.46. The van der Waals surface area contributed by atoms with Crippen molar-refractivity contribution in [3.05, 3.63) is 59.7 Å². The molecule has 27 heavy (non-hydrogen) atoms. The van der Waals surface area contributed by atoms with Gasteiger partial charge in [-0.1, -0.05) is 30.3 Å². The molecule has 0 fully saturated rings. The van der Waals surface area contributed by atoms with E-state index in [-0.39, 0.29) is 29.2 Å². The van der Waals surface area contributed by atoms with Crippen LogP contribution in [0.15, 0.2) is 53.4 Å². The largest absolute Gasteiger partial charge is 0.308 e. The highest BCUT2D eigenvalue weighted by molar-refractivity contribution is 7.89. The molecule has 0 saturated heterocycles. The minimum absolute atomic E-state index is 0.0131. The first-order chi connectivity index (χ1) is 12.7. The lowest BCUT2D eigenvalue weighted by molar-refractivity contribution is -0.118. The molecule has 1 heterocycles. The third-order valence-corrected chi connectivity index (χ3v) is 6.62. The number of sulfonamides is 1. The van der Waals surface area contributed by atoms with Crippen LogP contribution in [0.1, 0.15) is 29.8 Å². The Bertz CT molecular complexity index is 983. The first-order valence-electron chi connectivity index (χ1n) is 8.69. The molecular formula is C20H22N2O4S. The second-order valence-corrected chi connectivity index (χ2v) is 8.83. The van der Waals surface area contributed by atoms with Crippen LogP contribution < -0.4 is 4.90 Å². The average molecular weight is 386 g/mol. The monoisotopic (exact) mass is 386 g/mol. The van der Waals surface area contributed by atoms with Crippen molar-refractivity contribution in [2.75, 3.05) is 18.5 Å². The molecule has 1 amide bonds. The van der Waals surface area contributed by atoms with Crippen molar-refractivity contribution in [2.24, 2.45) is 0 Å². The number of rotatable bonds is 5. The van der Waals surface area contributed by atoms with Crippen molar-refractivity contribution in [3.63, 3.8) is 0 Å². The highest BCUT2D eigenvalue weighted by Crippen LogP contribution is 2.32. The second-order valence-electron chi connectivity index (χ2n) is 6.79. The van der Waals surface area contributed by atoms with Crippen LogP contribution in [-0.4, -0.2) is 44.0 Å². The molecule has 2 aromatic rings. The molecule has 142 valence electrons. The lowest BCUT2D eigenvalue weighted by atomic mass is 10.1. The van der Waals surface area contributed by atoms with Crippen LogP contribution in [0.4, 0.5) is 5.69 Å². The Labute approximate surface area is 159 Å². The number of ketones is 1. The van der Waals surface area contributed by atoms with Gasteiger partial charge in [0.25, 0.3) is 0 Å². The summed E-state index contributed by atoms with van der Waals surface area (Å²) >= 11 is 0. The van der Waals surface area contributed by atoms with Crippen molar-refractivity contribution in [1.29, 1.82) is 0 Å². The van der Waals surface area contributed by atoms with E-state index in [0.29, 0.717) is 5.56 Å². The summed E-state index contributed by atoms with van der Waals surface area (Å²) in [5, 5.41) is 0. The minimum atomic E-state index is -3.83. The SMILES string of the molecule is CC(=O)c1ccc(S(=O)(=O)N(C)CC(=O)N2c3ccccc3C[C@@H]2C)cc1. The van der Waals surface area contributed by atoms with E-state index in [0.717, 1.165) is 22.0 Å². The summed E-state index contributed by atoms with van der Waals surface area (Å²) in [6.07, 6.45) is 0.755. The Balaban J connectivity index is 1.79. The molecule has 3 rings (SSSR count). The van der Waals surface area contributed by atoms with Gasteiger partial charge < -0.3 is 4.90 Å². The van der Waals surface area contributed by atoms with Crippen molar-refractivity contribution >= 4 is 27.4 Å². The molecule has 0 aromatic heterocycles. The number of para-hydroxylation sites is 1. The topological polar surface area (TPSA) is 74.8 Å². The highest BCUT2D eigenvalue weighted by atomic mass is 32.2. The normalized spacial score (nSPS) is 16.4. The van der Waals surface area contributed by atoms with Gasteiger partial charge in [0.2, 0.25) is 15.9 Å². The molecule has 0 spiro atoms. The Morgan fingerprint density at radius 1 is 1.11 bits per heavy atom. The zero-order valence-electron chi connectivity index (χ0n) is 15.5. The molecule has 0 N–H and O–H groups in total. The van der Waals surface area contributed by atoms with Gasteiger partial charge in [0.15, 0.2) is 5.78 Å². The van der Waals surface area contributed by atoms with Gasteiger partial charge >= 0.3 is 0 Å². The summed E-state index contributed by atoms with van der Waals surface area (Å²) in [7, 11) is -2.44. The molecule has 0 aliphatic carbocycles. The zero-order valence-corrected chi connectivity index (χ0v) is 16.4.